The van der Waals surface area contributed by atoms with E-state index in [1.807, 2.05) is 35.2 Å². The van der Waals surface area contributed by atoms with Crippen LogP contribution in [0.25, 0.3) is 0 Å². The molecule has 0 aliphatic carbocycles. The van der Waals surface area contributed by atoms with Gasteiger partial charge in [-0.05, 0) is 31.0 Å². The molecule has 0 radical (unpaired) electrons. The number of pyridine rings is 1. The van der Waals surface area contributed by atoms with Gasteiger partial charge in [-0.3, -0.25) is 9.59 Å². The molecule has 0 unspecified atom stereocenters. The fourth-order valence-corrected chi connectivity index (χ4v) is 3.46. The highest BCUT2D eigenvalue weighted by atomic mass is 16.5. The third-order valence-corrected chi connectivity index (χ3v) is 4.86. The summed E-state index contributed by atoms with van der Waals surface area (Å²) in [5, 5.41) is 0. The summed E-state index contributed by atoms with van der Waals surface area (Å²) in [4.78, 5) is 33.0. The van der Waals surface area contributed by atoms with Crippen molar-refractivity contribution < 1.29 is 14.3 Å². The monoisotopic (exact) mass is 351 g/mol. The van der Waals surface area contributed by atoms with Crippen LogP contribution in [0.15, 0.2) is 42.6 Å². The minimum atomic E-state index is -0.0906. The molecule has 0 saturated carbocycles. The number of nitrogens with zero attached hydrogens (tertiary/aromatic N) is 3. The second-order valence-corrected chi connectivity index (χ2v) is 6.61. The summed E-state index contributed by atoms with van der Waals surface area (Å²) in [5.74, 6) is 1.09. The zero-order valence-corrected chi connectivity index (χ0v) is 14.6. The Kier molecular flexibility index (Phi) is 4.56. The molecule has 1 aromatic heterocycles. The van der Waals surface area contributed by atoms with Crippen LogP contribution >= 0.6 is 0 Å². The Labute approximate surface area is 152 Å². The molecule has 2 amide bonds. The second kappa shape index (κ2) is 7.15. The van der Waals surface area contributed by atoms with Gasteiger partial charge in [-0.2, -0.15) is 0 Å². The van der Waals surface area contributed by atoms with Gasteiger partial charge in [-0.1, -0.05) is 18.2 Å². The number of para-hydroxylation sites is 1. The van der Waals surface area contributed by atoms with Crippen LogP contribution in [0.5, 0.6) is 11.6 Å². The van der Waals surface area contributed by atoms with Gasteiger partial charge in [-0.15, -0.1) is 0 Å². The maximum absolute atomic E-state index is 12.9. The fourth-order valence-electron chi connectivity index (χ4n) is 3.46. The van der Waals surface area contributed by atoms with Gasteiger partial charge in [0.05, 0.1) is 6.54 Å². The highest BCUT2D eigenvalue weighted by molar-refractivity contribution is 5.96. The van der Waals surface area contributed by atoms with Crippen LogP contribution in [-0.4, -0.2) is 34.8 Å². The predicted octanol–water partition coefficient (Wildman–Crippen LogP) is 3.12. The molecule has 0 atom stereocenters. The highest BCUT2D eigenvalue weighted by Crippen LogP contribution is 2.37. The van der Waals surface area contributed by atoms with Crippen molar-refractivity contribution in [3.8, 4) is 11.6 Å². The van der Waals surface area contributed by atoms with Crippen LogP contribution in [0.1, 0.15) is 31.2 Å². The molecule has 6 nitrogen and oxygen atoms in total. The standard InChI is InChI=1S/C20H21N3O3/c24-18(22-12-3-4-13-22)9-10-19(25)23-14-15-6-1-2-8-17(15)26-20-16(23)7-5-11-21-20/h1-2,5-8,11H,3-4,9-10,12-14H2. The van der Waals surface area contributed by atoms with E-state index in [1.165, 1.54) is 0 Å². The number of fused-ring (bicyclic) bond motifs is 2. The Balaban J connectivity index is 1.54. The van der Waals surface area contributed by atoms with Gasteiger partial charge in [0.25, 0.3) is 0 Å². The molecule has 6 heteroatoms. The first kappa shape index (κ1) is 16.6. The number of anilines is 1. The van der Waals surface area contributed by atoms with Gasteiger partial charge >= 0.3 is 0 Å². The molecule has 4 rings (SSSR count). The summed E-state index contributed by atoms with van der Waals surface area (Å²) >= 11 is 0. The Morgan fingerprint density at radius 2 is 1.77 bits per heavy atom. The number of ether oxygens (including phenoxy) is 1. The SMILES string of the molecule is O=C(CCC(=O)N1Cc2ccccc2Oc2ncccc21)N1CCCC1. The summed E-state index contributed by atoms with van der Waals surface area (Å²) in [6, 6.07) is 11.2. The molecule has 134 valence electrons. The highest BCUT2D eigenvalue weighted by Gasteiger charge is 2.27. The van der Waals surface area contributed by atoms with Crippen LogP contribution in [0.2, 0.25) is 0 Å². The molecule has 1 saturated heterocycles. The lowest BCUT2D eigenvalue weighted by molar-refractivity contribution is -0.132. The normalized spacial score (nSPS) is 15.7. The zero-order chi connectivity index (χ0) is 17.9. The van der Waals surface area contributed by atoms with Crippen molar-refractivity contribution in [3.63, 3.8) is 0 Å². The maximum Gasteiger partial charge on any atom is 0.243 e. The molecule has 2 aliphatic rings. The number of hydrogen-bond donors (Lipinski definition) is 0. The van der Waals surface area contributed by atoms with Gasteiger partial charge in [0, 0.05) is 37.7 Å². The molecular formula is C20H21N3O3. The molecule has 26 heavy (non-hydrogen) atoms. The van der Waals surface area contributed by atoms with E-state index in [-0.39, 0.29) is 24.7 Å². The van der Waals surface area contributed by atoms with E-state index in [2.05, 4.69) is 4.98 Å². The predicted molar refractivity (Wildman–Crippen MR) is 97.0 cm³/mol. The third-order valence-electron chi connectivity index (χ3n) is 4.86. The van der Waals surface area contributed by atoms with Gasteiger partial charge in [0.15, 0.2) is 0 Å². The van der Waals surface area contributed by atoms with Crippen molar-refractivity contribution in [2.75, 3.05) is 18.0 Å². The van der Waals surface area contributed by atoms with Crippen molar-refractivity contribution >= 4 is 17.5 Å². The maximum atomic E-state index is 12.9. The number of likely N-dealkylation sites (tertiary alicyclic amines) is 1. The van der Waals surface area contributed by atoms with Crippen molar-refractivity contribution in [1.29, 1.82) is 0 Å². The third kappa shape index (κ3) is 3.27. The molecule has 2 aromatic rings. The lowest BCUT2D eigenvalue weighted by Gasteiger charge is -2.22. The number of benzene rings is 1. The van der Waals surface area contributed by atoms with Crippen LogP contribution in [0, 0.1) is 0 Å². The van der Waals surface area contributed by atoms with Crippen molar-refractivity contribution in [2.45, 2.75) is 32.2 Å². The van der Waals surface area contributed by atoms with E-state index in [4.69, 9.17) is 4.74 Å². The number of carbonyl (C=O) groups is 2. The summed E-state index contributed by atoms with van der Waals surface area (Å²) in [5.41, 5.74) is 1.56. The Morgan fingerprint density at radius 3 is 2.62 bits per heavy atom. The summed E-state index contributed by atoms with van der Waals surface area (Å²) < 4.78 is 5.91. The van der Waals surface area contributed by atoms with Crippen molar-refractivity contribution in [1.82, 2.24) is 9.88 Å². The van der Waals surface area contributed by atoms with Crippen molar-refractivity contribution in [3.05, 3.63) is 48.2 Å². The average molecular weight is 351 g/mol. The first-order chi connectivity index (χ1) is 12.7. The van der Waals surface area contributed by atoms with E-state index < -0.39 is 0 Å². The van der Waals surface area contributed by atoms with Crippen molar-refractivity contribution in [2.24, 2.45) is 0 Å². The average Bonchev–Trinajstić information content (AvgIpc) is 3.15. The molecule has 0 N–H and O–H groups in total. The number of rotatable bonds is 3. The first-order valence-corrected chi connectivity index (χ1v) is 9.01. The topological polar surface area (TPSA) is 62.7 Å². The first-order valence-electron chi connectivity index (χ1n) is 9.01. The van der Waals surface area contributed by atoms with Crippen LogP contribution in [0.3, 0.4) is 0 Å². The lowest BCUT2D eigenvalue weighted by atomic mass is 10.1. The fraction of sp³-hybridized carbons (Fsp3) is 0.350. The Hall–Kier alpha value is -2.89. The quantitative estimate of drug-likeness (QED) is 0.852. The summed E-state index contributed by atoms with van der Waals surface area (Å²) in [6.45, 7) is 2.03. The molecule has 3 heterocycles. The van der Waals surface area contributed by atoms with Crippen LogP contribution < -0.4 is 9.64 Å². The van der Waals surface area contributed by atoms with E-state index in [0.717, 1.165) is 31.5 Å². The molecule has 1 aromatic carbocycles. The molecule has 2 aliphatic heterocycles. The minimum absolute atomic E-state index is 0.0636. The van der Waals surface area contributed by atoms with Gasteiger partial charge in [0.1, 0.15) is 11.4 Å². The lowest BCUT2D eigenvalue weighted by Crippen LogP contribution is -2.33. The number of amides is 2. The van der Waals surface area contributed by atoms with E-state index >= 15 is 0 Å². The summed E-state index contributed by atoms with van der Waals surface area (Å²) in [6.07, 6.45) is 4.18. The molecule has 1 fully saturated rings. The summed E-state index contributed by atoms with van der Waals surface area (Å²) in [7, 11) is 0. The zero-order valence-electron chi connectivity index (χ0n) is 14.6. The molecular weight excluding hydrogens is 330 g/mol. The van der Waals surface area contributed by atoms with Crippen LogP contribution in [0.4, 0.5) is 5.69 Å². The largest absolute Gasteiger partial charge is 0.437 e. The number of hydrogen-bond acceptors (Lipinski definition) is 4. The van der Waals surface area contributed by atoms with Gasteiger partial charge in [0.2, 0.25) is 17.7 Å². The van der Waals surface area contributed by atoms with E-state index in [9.17, 15) is 9.59 Å². The van der Waals surface area contributed by atoms with Gasteiger partial charge < -0.3 is 14.5 Å². The van der Waals surface area contributed by atoms with E-state index in [0.29, 0.717) is 23.9 Å². The number of carbonyl (C=O) groups excluding carboxylic acids is 2. The second-order valence-electron chi connectivity index (χ2n) is 6.61. The van der Waals surface area contributed by atoms with Gasteiger partial charge in [-0.25, -0.2) is 4.98 Å². The Morgan fingerprint density at radius 1 is 1.00 bits per heavy atom. The van der Waals surface area contributed by atoms with Crippen LogP contribution in [-0.2, 0) is 16.1 Å². The number of aromatic nitrogens is 1. The Bertz CT molecular complexity index is 831. The smallest absolute Gasteiger partial charge is 0.243 e. The minimum Gasteiger partial charge on any atom is -0.437 e. The molecule has 0 bridgehead atoms. The van der Waals surface area contributed by atoms with E-state index in [1.54, 1.807) is 17.2 Å². The molecule has 0 spiro atoms.